The van der Waals surface area contributed by atoms with Crippen molar-refractivity contribution in [3.63, 3.8) is 0 Å². The van der Waals surface area contributed by atoms with Gasteiger partial charge >= 0.3 is 0 Å². The first kappa shape index (κ1) is 15.8. The molecule has 4 rings (SSSR count). The fourth-order valence-electron chi connectivity index (χ4n) is 3.15. The molecule has 1 saturated heterocycles. The lowest BCUT2D eigenvalue weighted by molar-refractivity contribution is 0.0563. The van der Waals surface area contributed by atoms with Gasteiger partial charge in [0, 0.05) is 12.8 Å². The zero-order valence-corrected chi connectivity index (χ0v) is 13.9. The Bertz CT molecular complexity index is 943. The van der Waals surface area contributed by atoms with Crippen LogP contribution in [0.15, 0.2) is 29.3 Å². The minimum absolute atomic E-state index is 0.109. The van der Waals surface area contributed by atoms with E-state index < -0.39 is 0 Å². The molecule has 0 spiro atoms. The summed E-state index contributed by atoms with van der Waals surface area (Å²) in [5.74, 6) is 1.20. The second-order valence-corrected chi connectivity index (χ2v) is 6.04. The molecule has 0 radical (unpaired) electrons. The molecule has 0 saturated carbocycles. The summed E-state index contributed by atoms with van der Waals surface area (Å²) in [7, 11) is 1.60. The van der Waals surface area contributed by atoms with Crippen LogP contribution in [-0.2, 0) is 11.2 Å². The summed E-state index contributed by atoms with van der Waals surface area (Å²) in [5.41, 5.74) is 1.11. The zero-order valence-electron chi connectivity index (χ0n) is 13.9. The highest BCUT2D eigenvalue weighted by atomic mass is 16.5. The summed E-state index contributed by atoms with van der Waals surface area (Å²) in [6.45, 7) is 1.36. The van der Waals surface area contributed by atoms with Crippen LogP contribution in [0.25, 0.3) is 11.0 Å². The van der Waals surface area contributed by atoms with Crippen LogP contribution in [0, 0.1) is 0 Å². The van der Waals surface area contributed by atoms with E-state index in [0.29, 0.717) is 35.6 Å². The van der Waals surface area contributed by atoms with E-state index in [1.165, 1.54) is 0 Å². The Morgan fingerprint density at radius 1 is 1.48 bits per heavy atom. The molecule has 0 aliphatic carbocycles. The zero-order chi connectivity index (χ0) is 17.2. The van der Waals surface area contributed by atoms with Crippen LogP contribution in [0.1, 0.15) is 30.4 Å². The van der Waals surface area contributed by atoms with Crippen molar-refractivity contribution in [2.75, 3.05) is 20.3 Å². The standard InChI is InChI=1S/C17H19N5O3/c1-24-14-5-2-6-18-13(14)8-15-20-16-12(17(23)21-15)9-19-22(16)11-4-3-7-25-10-11/h2,5-6,9,11H,3-4,7-8,10H2,1H3,(H,20,21,23). The molecule has 4 heterocycles. The van der Waals surface area contributed by atoms with E-state index in [4.69, 9.17) is 9.47 Å². The third kappa shape index (κ3) is 3.00. The largest absolute Gasteiger partial charge is 0.495 e. The highest BCUT2D eigenvalue weighted by molar-refractivity contribution is 5.73. The smallest absolute Gasteiger partial charge is 0.262 e. The highest BCUT2D eigenvalue weighted by Crippen LogP contribution is 2.22. The maximum Gasteiger partial charge on any atom is 0.262 e. The SMILES string of the molecule is COc1cccnc1Cc1nc2c(cnn2C2CCCOC2)c(=O)[nH]1. The van der Waals surface area contributed by atoms with Gasteiger partial charge in [-0.15, -0.1) is 0 Å². The Labute approximate surface area is 143 Å². The van der Waals surface area contributed by atoms with Crippen molar-refractivity contribution >= 4 is 11.0 Å². The topological polar surface area (TPSA) is 94.9 Å². The quantitative estimate of drug-likeness (QED) is 0.772. The van der Waals surface area contributed by atoms with E-state index in [0.717, 1.165) is 25.1 Å². The van der Waals surface area contributed by atoms with Crippen LogP contribution in [0.3, 0.4) is 0 Å². The average Bonchev–Trinajstić information content (AvgIpc) is 3.07. The first-order chi connectivity index (χ1) is 12.3. The number of aromatic amines is 1. The second kappa shape index (κ2) is 6.64. The van der Waals surface area contributed by atoms with Crippen molar-refractivity contribution in [2.24, 2.45) is 0 Å². The number of pyridine rings is 1. The molecule has 1 aliphatic rings. The van der Waals surface area contributed by atoms with Gasteiger partial charge in [-0.2, -0.15) is 5.10 Å². The maximum atomic E-state index is 12.4. The number of methoxy groups -OCH3 is 1. The van der Waals surface area contributed by atoms with E-state index in [9.17, 15) is 4.79 Å². The molecule has 0 amide bonds. The molecule has 25 heavy (non-hydrogen) atoms. The van der Waals surface area contributed by atoms with Gasteiger partial charge in [0.1, 0.15) is 17.0 Å². The summed E-state index contributed by atoms with van der Waals surface area (Å²) >= 11 is 0. The van der Waals surface area contributed by atoms with Gasteiger partial charge in [-0.05, 0) is 25.0 Å². The number of hydrogen-bond acceptors (Lipinski definition) is 6. The van der Waals surface area contributed by atoms with Gasteiger partial charge in [-0.1, -0.05) is 0 Å². The van der Waals surface area contributed by atoms with Gasteiger partial charge in [0.25, 0.3) is 5.56 Å². The number of nitrogens with one attached hydrogen (secondary N) is 1. The van der Waals surface area contributed by atoms with Gasteiger partial charge in [-0.3, -0.25) is 9.78 Å². The number of ether oxygens (including phenoxy) is 2. The molecule has 3 aromatic rings. The fraction of sp³-hybridized carbons (Fsp3) is 0.412. The molecule has 3 aromatic heterocycles. The van der Waals surface area contributed by atoms with E-state index in [-0.39, 0.29) is 11.6 Å². The molecule has 1 aliphatic heterocycles. The van der Waals surface area contributed by atoms with Crippen LogP contribution < -0.4 is 10.3 Å². The Morgan fingerprint density at radius 3 is 3.20 bits per heavy atom. The number of rotatable bonds is 4. The predicted octanol–water partition coefficient (Wildman–Crippen LogP) is 1.47. The Balaban J connectivity index is 1.74. The van der Waals surface area contributed by atoms with Crippen LogP contribution in [0.4, 0.5) is 0 Å². The van der Waals surface area contributed by atoms with Crippen LogP contribution in [0.5, 0.6) is 5.75 Å². The third-order valence-corrected chi connectivity index (χ3v) is 4.40. The Morgan fingerprint density at radius 2 is 2.40 bits per heavy atom. The number of fused-ring (bicyclic) bond motifs is 1. The van der Waals surface area contributed by atoms with Crippen molar-refractivity contribution < 1.29 is 9.47 Å². The summed E-state index contributed by atoms with van der Waals surface area (Å²) in [6.07, 6.45) is 5.59. The minimum atomic E-state index is -0.196. The van der Waals surface area contributed by atoms with Gasteiger partial charge in [-0.25, -0.2) is 9.67 Å². The number of hydrogen-bond donors (Lipinski definition) is 1. The normalized spacial score (nSPS) is 17.7. The molecule has 0 bridgehead atoms. The van der Waals surface area contributed by atoms with Gasteiger partial charge in [0.05, 0.1) is 38.1 Å². The van der Waals surface area contributed by atoms with Crippen molar-refractivity contribution in [1.29, 1.82) is 0 Å². The van der Waals surface area contributed by atoms with E-state index in [1.54, 1.807) is 25.6 Å². The monoisotopic (exact) mass is 341 g/mol. The predicted molar refractivity (Wildman–Crippen MR) is 90.8 cm³/mol. The highest BCUT2D eigenvalue weighted by Gasteiger charge is 2.21. The molecule has 1 unspecified atom stereocenters. The van der Waals surface area contributed by atoms with E-state index in [1.807, 2.05) is 10.7 Å². The summed E-state index contributed by atoms with van der Waals surface area (Å²) in [4.78, 5) is 24.2. The molecule has 1 atom stereocenters. The third-order valence-electron chi connectivity index (χ3n) is 4.40. The Hall–Kier alpha value is -2.74. The maximum absolute atomic E-state index is 12.4. The summed E-state index contributed by atoms with van der Waals surface area (Å²) in [6, 6.07) is 3.75. The van der Waals surface area contributed by atoms with Crippen LogP contribution in [0.2, 0.25) is 0 Å². The van der Waals surface area contributed by atoms with Gasteiger partial charge in [0.15, 0.2) is 5.65 Å². The van der Waals surface area contributed by atoms with E-state index in [2.05, 4.69) is 20.1 Å². The molecular weight excluding hydrogens is 322 g/mol. The van der Waals surface area contributed by atoms with E-state index >= 15 is 0 Å². The molecular formula is C17H19N5O3. The number of nitrogens with zero attached hydrogens (tertiary/aromatic N) is 4. The fourth-order valence-corrected chi connectivity index (χ4v) is 3.15. The molecule has 0 aromatic carbocycles. The molecule has 1 fully saturated rings. The molecule has 8 heteroatoms. The first-order valence-electron chi connectivity index (χ1n) is 8.28. The van der Waals surface area contributed by atoms with Crippen LogP contribution >= 0.6 is 0 Å². The van der Waals surface area contributed by atoms with Crippen molar-refractivity contribution in [1.82, 2.24) is 24.7 Å². The lowest BCUT2D eigenvalue weighted by Crippen LogP contribution is -2.23. The van der Waals surface area contributed by atoms with Gasteiger partial charge in [0.2, 0.25) is 0 Å². The van der Waals surface area contributed by atoms with Gasteiger partial charge < -0.3 is 14.5 Å². The lowest BCUT2D eigenvalue weighted by atomic mass is 10.1. The van der Waals surface area contributed by atoms with Crippen molar-refractivity contribution in [2.45, 2.75) is 25.3 Å². The molecule has 8 nitrogen and oxygen atoms in total. The average molecular weight is 341 g/mol. The lowest BCUT2D eigenvalue weighted by Gasteiger charge is -2.22. The van der Waals surface area contributed by atoms with Crippen molar-refractivity contribution in [3.8, 4) is 5.75 Å². The first-order valence-corrected chi connectivity index (χ1v) is 8.28. The molecule has 1 N–H and O–H groups in total. The summed E-state index contributed by atoms with van der Waals surface area (Å²) < 4.78 is 12.7. The number of aromatic nitrogens is 5. The van der Waals surface area contributed by atoms with Crippen LogP contribution in [-0.4, -0.2) is 45.1 Å². The second-order valence-electron chi connectivity index (χ2n) is 6.04. The summed E-state index contributed by atoms with van der Waals surface area (Å²) in [5, 5.41) is 4.86. The Kier molecular flexibility index (Phi) is 4.19. The van der Waals surface area contributed by atoms with Crippen molar-refractivity contribution in [3.05, 3.63) is 46.4 Å². The minimum Gasteiger partial charge on any atom is -0.495 e. The number of H-pyrrole nitrogens is 1. The molecule has 130 valence electrons.